The second-order valence-corrected chi connectivity index (χ2v) is 8.00. The number of rotatable bonds is 12. The highest BCUT2D eigenvalue weighted by Gasteiger charge is 2.35. The van der Waals surface area contributed by atoms with Gasteiger partial charge in [0.2, 0.25) is 0 Å². The maximum absolute atomic E-state index is 5.68. The Hall–Kier alpha value is -0.243. The fourth-order valence-corrected chi connectivity index (χ4v) is 3.34. The van der Waals surface area contributed by atoms with Gasteiger partial charge in [0, 0.05) is 27.4 Å². The fraction of sp³-hybridized carbons (Fsp3) is 0.857. The molecule has 0 spiro atoms. The van der Waals surface area contributed by atoms with E-state index in [2.05, 4.69) is 19.1 Å². The van der Waals surface area contributed by atoms with Crippen LogP contribution in [-0.4, -0.2) is 55.6 Å². The summed E-state index contributed by atoms with van der Waals surface area (Å²) in [6, 6.07) is 0.710. The van der Waals surface area contributed by atoms with E-state index in [0.717, 1.165) is 32.5 Å². The maximum Gasteiger partial charge on any atom is 0.504 e. The molecule has 0 saturated carbocycles. The van der Waals surface area contributed by atoms with E-state index in [1.807, 2.05) is 0 Å². The minimum absolute atomic E-state index is 0.304. The van der Waals surface area contributed by atoms with Gasteiger partial charge in [-0.25, -0.2) is 0 Å². The van der Waals surface area contributed by atoms with Gasteiger partial charge in [-0.3, -0.25) is 0 Å². The first kappa shape index (κ1) is 17.8. The van der Waals surface area contributed by atoms with Gasteiger partial charge < -0.3 is 22.8 Å². The minimum atomic E-state index is -2.44. The van der Waals surface area contributed by atoms with E-state index >= 15 is 0 Å². The van der Waals surface area contributed by atoms with Gasteiger partial charge in [0.15, 0.2) is 0 Å². The Morgan fingerprint density at radius 3 is 2.40 bits per heavy atom. The van der Waals surface area contributed by atoms with Crippen molar-refractivity contribution in [1.82, 2.24) is 0 Å². The lowest BCUT2D eigenvalue weighted by Gasteiger charge is -2.22. The minimum Gasteiger partial charge on any atom is -0.377 e. The molecule has 1 heterocycles. The van der Waals surface area contributed by atoms with Crippen molar-refractivity contribution in [3.05, 3.63) is 12.2 Å². The molecule has 118 valence electrons. The summed E-state index contributed by atoms with van der Waals surface area (Å²) in [4.78, 5) is 0. The van der Waals surface area contributed by atoms with Gasteiger partial charge in [0.25, 0.3) is 0 Å². The monoisotopic (exact) mass is 304 g/mol. The van der Waals surface area contributed by atoms with E-state index in [0.29, 0.717) is 18.3 Å². The molecule has 0 aromatic heterocycles. The van der Waals surface area contributed by atoms with Crippen molar-refractivity contribution in [2.75, 3.05) is 34.5 Å². The van der Waals surface area contributed by atoms with Crippen LogP contribution in [-0.2, 0) is 22.8 Å². The number of allylic oxidation sites excluding steroid dienone is 2. The number of epoxide rings is 1. The molecular weight excluding hydrogens is 276 g/mol. The molecule has 20 heavy (non-hydrogen) atoms. The van der Waals surface area contributed by atoms with E-state index in [1.165, 1.54) is 0 Å². The lowest BCUT2D eigenvalue weighted by molar-refractivity contribution is 0.0482. The summed E-state index contributed by atoms with van der Waals surface area (Å²) in [5.74, 6) is 0. The van der Waals surface area contributed by atoms with Crippen molar-refractivity contribution in [2.24, 2.45) is 0 Å². The van der Waals surface area contributed by atoms with Crippen LogP contribution in [0.5, 0.6) is 0 Å². The van der Waals surface area contributed by atoms with Crippen LogP contribution in [0.4, 0.5) is 0 Å². The molecule has 0 aromatic rings. The van der Waals surface area contributed by atoms with Crippen molar-refractivity contribution >= 4 is 8.80 Å². The molecule has 1 aliphatic heterocycles. The average Bonchev–Trinajstić information content (AvgIpc) is 3.29. The van der Waals surface area contributed by atoms with Crippen LogP contribution >= 0.6 is 0 Å². The van der Waals surface area contributed by atoms with Crippen molar-refractivity contribution in [2.45, 2.75) is 44.4 Å². The third kappa shape index (κ3) is 6.96. The third-order valence-electron chi connectivity index (χ3n) is 3.42. The first-order valence-corrected chi connectivity index (χ1v) is 9.12. The van der Waals surface area contributed by atoms with Crippen molar-refractivity contribution < 1.29 is 22.8 Å². The SMILES string of the molecule is CO[Si](CC=CCCCC(C)OCC1CO1)(OC)OC. The summed E-state index contributed by atoms with van der Waals surface area (Å²) in [5, 5.41) is 0. The average molecular weight is 304 g/mol. The number of hydrogen-bond acceptors (Lipinski definition) is 5. The smallest absolute Gasteiger partial charge is 0.377 e. The van der Waals surface area contributed by atoms with Gasteiger partial charge in [-0.2, -0.15) is 0 Å². The molecule has 0 N–H and O–H groups in total. The quantitative estimate of drug-likeness (QED) is 0.240. The van der Waals surface area contributed by atoms with Gasteiger partial charge in [-0.05, 0) is 26.2 Å². The van der Waals surface area contributed by atoms with Crippen molar-refractivity contribution in [1.29, 1.82) is 0 Å². The topological polar surface area (TPSA) is 49.5 Å². The van der Waals surface area contributed by atoms with Crippen molar-refractivity contribution in [3.63, 3.8) is 0 Å². The molecule has 2 unspecified atom stereocenters. The molecule has 0 aromatic carbocycles. The fourth-order valence-electron chi connectivity index (χ4n) is 1.89. The predicted molar refractivity (Wildman–Crippen MR) is 79.7 cm³/mol. The molecule has 0 amide bonds. The molecule has 1 saturated heterocycles. The molecule has 0 aliphatic carbocycles. The first-order chi connectivity index (χ1) is 9.65. The van der Waals surface area contributed by atoms with Crippen molar-refractivity contribution in [3.8, 4) is 0 Å². The van der Waals surface area contributed by atoms with Crippen LogP contribution < -0.4 is 0 Å². The van der Waals surface area contributed by atoms with E-state index in [9.17, 15) is 0 Å². The summed E-state index contributed by atoms with van der Waals surface area (Å²) in [6.45, 7) is 3.71. The molecule has 1 aliphatic rings. The number of unbranched alkanes of at least 4 members (excludes halogenated alkanes) is 1. The Balaban J connectivity index is 2.05. The van der Waals surface area contributed by atoms with E-state index in [1.54, 1.807) is 21.3 Å². The predicted octanol–water partition coefficient (Wildman–Crippen LogP) is 2.39. The van der Waals surface area contributed by atoms with Crippen LogP contribution in [0.1, 0.15) is 26.2 Å². The first-order valence-electron chi connectivity index (χ1n) is 7.19. The summed E-state index contributed by atoms with van der Waals surface area (Å²) in [5.41, 5.74) is 0. The zero-order valence-corrected chi connectivity index (χ0v) is 14.1. The Morgan fingerprint density at radius 2 is 1.85 bits per heavy atom. The second kappa shape index (κ2) is 9.65. The second-order valence-electron chi connectivity index (χ2n) is 5.00. The zero-order valence-electron chi connectivity index (χ0n) is 13.1. The van der Waals surface area contributed by atoms with Gasteiger partial charge in [0.05, 0.1) is 19.3 Å². The summed E-state index contributed by atoms with van der Waals surface area (Å²) in [6.07, 6.45) is 8.13. The van der Waals surface area contributed by atoms with Gasteiger partial charge in [-0.1, -0.05) is 12.2 Å². The Kier molecular flexibility index (Phi) is 8.59. The normalized spacial score (nSPS) is 20.5. The number of ether oxygens (including phenoxy) is 2. The highest BCUT2D eigenvalue weighted by atomic mass is 28.4. The molecule has 2 atom stereocenters. The van der Waals surface area contributed by atoms with Crippen LogP contribution in [0.3, 0.4) is 0 Å². The molecule has 1 fully saturated rings. The van der Waals surface area contributed by atoms with E-state index in [4.69, 9.17) is 22.8 Å². The van der Waals surface area contributed by atoms with Gasteiger partial charge in [-0.15, -0.1) is 0 Å². The Bertz CT molecular complexity index is 268. The summed E-state index contributed by atoms with van der Waals surface area (Å²) < 4.78 is 26.8. The van der Waals surface area contributed by atoms with Crippen LogP contribution in [0.2, 0.25) is 6.04 Å². The largest absolute Gasteiger partial charge is 0.504 e. The molecule has 0 bridgehead atoms. The lowest BCUT2D eigenvalue weighted by Crippen LogP contribution is -2.42. The van der Waals surface area contributed by atoms with Crippen LogP contribution in [0.25, 0.3) is 0 Å². The Morgan fingerprint density at radius 1 is 1.20 bits per heavy atom. The molecular formula is C14H28O5Si. The Labute approximate surface area is 123 Å². The maximum atomic E-state index is 5.68. The zero-order chi connectivity index (χ0) is 14.8. The molecule has 1 rings (SSSR count). The number of hydrogen-bond donors (Lipinski definition) is 0. The standard InChI is InChI=1S/C14H28O5Si/c1-13(18-11-14-12-19-14)9-7-5-6-8-10-20(15-2,16-3)17-4/h6,8,13-14H,5,7,9-12H2,1-4H3. The lowest BCUT2D eigenvalue weighted by atomic mass is 10.1. The third-order valence-corrected chi connectivity index (χ3v) is 6.02. The molecule has 6 heteroatoms. The molecule has 5 nitrogen and oxygen atoms in total. The van der Waals surface area contributed by atoms with E-state index in [-0.39, 0.29) is 0 Å². The van der Waals surface area contributed by atoms with Crippen LogP contribution in [0.15, 0.2) is 12.2 Å². The highest BCUT2D eigenvalue weighted by molar-refractivity contribution is 6.61. The summed E-state index contributed by atoms with van der Waals surface area (Å²) in [7, 11) is 2.46. The van der Waals surface area contributed by atoms with E-state index < -0.39 is 8.80 Å². The van der Waals surface area contributed by atoms with Gasteiger partial charge in [0.1, 0.15) is 6.10 Å². The highest BCUT2D eigenvalue weighted by Crippen LogP contribution is 2.15. The molecule has 0 radical (unpaired) electrons. The van der Waals surface area contributed by atoms with Crippen LogP contribution in [0, 0.1) is 0 Å². The van der Waals surface area contributed by atoms with Gasteiger partial charge >= 0.3 is 8.80 Å². The summed E-state index contributed by atoms with van der Waals surface area (Å²) >= 11 is 0.